The molecule has 0 fully saturated rings. The van der Waals surface area contributed by atoms with Crippen molar-refractivity contribution in [1.82, 2.24) is 9.97 Å². The summed E-state index contributed by atoms with van der Waals surface area (Å²) in [5.41, 5.74) is 2.22. The number of aromatic nitrogens is 2. The van der Waals surface area contributed by atoms with Crippen LogP contribution in [0.3, 0.4) is 0 Å². The van der Waals surface area contributed by atoms with Crippen molar-refractivity contribution in [1.29, 1.82) is 0 Å². The average molecular weight is 455 g/mol. The number of nitrogens with one attached hydrogen (secondary N) is 3. The molecule has 0 bridgehead atoms. The lowest BCUT2D eigenvalue weighted by molar-refractivity contribution is 0.914. The molecule has 0 atom stereocenters. The lowest BCUT2D eigenvalue weighted by Crippen LogP contribution is -2.35. The van der Waals surface area contributed by atoms with E-state index in [-0.39, 0.29) is 11.4 Å². The van der Waals surface area contributed by atoms with Crippen LogP contribution in [0.4, 0.5) is 22.9 Å². The average Bonchev–Trinajstić information content (AvgIpc) is 3.25. The highest BCUT2D eigenvalue weighted by atomic mass is 32.2. The van der Waals surface area contributed by atoms with E-state index in [1.165, 1.54) is 0 Å². The highest BCUT2D eigenvalue weighted by Gasteiger charge is 2.22. The van der Waals surface area contributed by atoms with Gasteiger partial charge in [0, 0.05) is 33.1 Å². The van der Waals surface area contributed by atoms with Gasteiger partial charge in [0.15, 0.2) is 0 Å². The molecule has 0 unspecified atom stereocenters. The third kappa shape index (κ3) is 4.27. The summed E-state index contributed by atoms with van der Waals surface area (Å²) in [4.78, 5) is 34.4. The van der Waals surface area contributed by atoms with E-state index in [0.29, 0.717) is 5.82 Å². The Kier molecular flexibility index (Phi) is 5.71. The first kappa shape index (κ1) is 21.0. The molecule has 0 amide bonds. The summed E-state index contributed by atoms with van der Waals surface area (Å²) >= 11 is 1.67. The number of rotatable bonds is 8. The smallest absolute Gasteiger partial charge is 0.253 e. The minimum atomic E-state index is -0.544. The highest BCUT2D eigenvalue weighted by Crippen LogP contribution is 2.34. The lowest BCUT2D eigenvalue weighted by Gasteiger charge is -2.14. The number of anilines is 4. The fourth-order valence-electron chi connectivity index (χ4n) is 3.72. The highest BCUT2D eigenvalue weighted by molar-refractivity contribution is 7.99. The number of aromatic amines is 1. The molecule has 5 aromatic rings. The van der Waals surface area contributed by atoms with Crippen LogP contribution in [0.2, 0.25) is 0 Å². The van der Waals surface area contributed by atoms with Crippen molar-refractivity contribution >= 4 is 45.5 Å². The van der Waals surface area contributed by atoms with Gasteiger partial charge in [0.25, 0.3) is 10.9 Å². The van der Waals surface area contributed by atoms with E-state index in [1.54, 1.807) is 24.2 Å². The molecule has 0 saturated carbocycles. The number of aryl methyl sites for hydroxylation is 1. The van der Waals surface area contributed by atoms with Gasteiger partial charge in [-0.2, -0.15) is 0 Å². The predicted octanol–water partition coefficient (Wildman–Crippen LogP) is 5.75. The van der Waals surface area contributed by atoms with E-state index < -0.39 is 10.9 Å². The van der Waals surface area contributed by atoms with Crippen LogP contribution < -0.4 is 21.5 Å². The number of hydrogen-bond acceptors (Lipinski definition) is 6. The molecule has 0 aliphatic heterocycles. The van der Waals surface area contributed by atoms with Crippen molar-refractivity contribution in [2.45, 2.75) is 29.6 Å². The summed E-state index contributed by atoms with van der Waals surface area (Å²) in [5, 5.41) is 7.10. The van der Waals surface area contributed by atoms with Gasteiger partial charge in [0.05, 0.1) is 5.69 Å². The van der Waals surface area contributed by atoms with Crippen LogP contribution in [-0.2, 0) is 6.42 Å². The Labute approximate surface area is 194 Å². The van der Waals surface area contributed by atoms with Gasteiger partial charge in [0.1, 0.15) is 17.2 Å². The van der Waals surface area contributed by atoms with Gasteiger partial charge in [0.2, 0.25) is 0 Å². The zero-order valence-corrected chi connectivity index (χ0v) is 18.8. The number of hydrogen-bond donors (Lipinski definition) is 3. The Bertz CT molecular complexity index is 1480. The maximum Gasteiger partial charge on any atom is 0.253 e. The van der Waals surface area contributed by atoms with Crippen molar-refractivity contribution < 1.29 is 0 Å². The maximum absolute atomic E-state index is 12.3. The van der Waals surface area contributed by atoms with Gasteiger partial charge in [-0.05, 0) is 48.4 Å². The van der Waals surface area contributed by atoms with Crippen LogP contribution >= 0.6 is 11.8 Å². The van der Waals surface area contributed by atoms with Crippen LogP contribution in [0.1, 0.15) is 18.9 Å². The molecular formula is C26H22N4O2S. The molecule has 0 aliphatic carbocycles. The summed E-state index contributed by atoms with van der Waals surface area (Å²) in [7, 11) is 0. The van der Waals surface area contributed by atoms with Crippen molar-refractivity contribution in [3.63, 3.8) is 0 Å². The SMILES string of the molecule is CCCc1ccc(Nc2c(Nc3c[nH]c4ccc(Sc5ccccc5)cc34)c(=O)c2=O)nc1. The number of benzene rings is 2. The first-order valence-electron chi connectivity index (χ1n) is 10.8. The number of H-pyrrole nitrogens is 1. The predicted molar refractivity (Wildman–Crippen MR) is 135 cm³/mol. The van der Waals surface area contributed by atoms with Crippen molar-refractivity contribution in [3.8, 4) is 0 Å². The molecular weight excluding hydrogens is 432 g/mol. The summed E-state index contributed by atoms with van der Waals surface area (Å²) in [5.74, 6) is 0.533. The molecule has 0 spiro atoms. The third-order valence-corrected chi connectivity index (χ3v) is 6.42. The Morgan fingerprint density at radius 2 is 1.70 bits per heavy atom. The molecule has 2 aromatic heterocycles. The molecule has 33 heavy (non-hydrogen) atoms. The minimum absolute atomic E-state index is 0.236. The van der Waals surface area contributed by atoms with Crippen LogP contribution in [0.5, 0.6) is 0 Å². The summed E-state index contributed by atoms with van der Waals surface area (Å²) in [6.45, 7) is 2.11. The maximum atomic E-state index is 12.3. The second kappa shape index (κ2) is 8.96. The van der Waals surface area contributed by atoms with Gasteiger partial charge in [-0.15, -0.1) is 0 Å². The summed E-state index contributed by atoms with van der Waals surface area (Å²) in [6, 6.07) is 20.1. The van der Waals surface area contributed by atoms with Crippen LogP contribution in [0.15, 0.2) is 92.4 Å². The molecule has 0 aliphatic rings. The molecule has 164 valence electrons. The molecule has 0 saturated heterocycles. The number of fused-ring (bicyclic) bond motifs is 1. The second-order valence-electron chi connectivity index (χ2n) is 7.78. The van der Waals surface area contributed by atoms with E-state index in [2.05, 4.69) is 51.8 Å². The quantitative estimate of drug-likeness (QED) is 0.259. The van der Waals surface area contributed by atoms with Crippen LogP contribution in [-0.4, -0.2) is 9.97 Å². The van der Waals surface area contributed by atoms with Gasteiger partial charge < -0.3 is 15.6 Å². The van der Waals surface area contributed by atoms with Crippen molar-refractivity contribution in [2.24, 2.45) is 0 Å². The fraction of sp³-hybridized carbons (Fsp3) is 0.115. The van der Waals surface area contributed by atoms with E-state index in [4.69, 9.17) is 0 Å². The second-order valence-corrected chi connectivity index (χ2v) is 8.93. The molecule has 2 heterocycles. The molecule has 5 rings (SSSR count). The molecule has 0 radical (unpaired) electrons. The van der Waals surface area contributed by atoms with Gasteiger partial charge in [-0.3, -0.25) is 9.59 Å². The van der Waals surface area contributed by atoms with E-state index in [0.717, 1.165) is 44.8 Å². The lowest BCUT2D eigenvalue weighted by atomic mass is 10.1. The summed E-state index contributed by atoms with van der Waals surface area (Å²) < 4.78 is 0. The Balaban J connectivity index is 1.40. The first-order valence-corrected chi connectivity index (χ1v) is 11.6. The van der Waals surface area contributed by atoms with Crippen molar-refractivity contribution in [2.75, 3.05) is 10.6 Å². The Hall–Kier alpha value is -3.84. The Morgan fingerprint density at radius 1 is 0.909 bits per heavy atom. The summed E-state index contributed by atoms with van der Waals surface area (Å²) in [6.07, 6.45) is 5.58. The monoisotopic (exact) mass is 454 g/mol. The zero-order valence-electron chi connectivity index (χ0n) is 18.0. The molecule has 7 heteroatoms. The zero-order chi connectivity index (χ0) is 22.8. The van der Waals surface area contributed by atoms with Gasteiger partial charge in [-0.25, -0.2) is 4.98 Å². The fourth-order valence-corrected chi connectivity index (χ4v) is 4.60. The van der Waals surface area contributed by atoms with Crippen LogP contribution in [0, 0.1) is 0 Å². The molecule has 6 nitrogen and oxygen atoms in total. The van der Waals surface area contributed by atoms with E-state index in [1.807, 2.05) is 36.4 Å². The van der Waals surface area contributed by atoms with Gasteiger partial charge in [-0.1, -0.05) is 49.4 Å². The third-order valence-electron chi connectivity index (χ3n) is 5.42. The van der Waals surface area contributed by atoms with Crippen molar-refractivity contribution in [3.05, 3.63) is 99.1 Å². The Morgan fingerprint density at radius 3 is 2.42 bits per heavy atom. The van der Waals surface area contributed by atoms with Crippen LogP contribution in [0.25, 0.3) is 10.9 Å². The molecule has 3 N–H and O–H groups in total. The van der Waals surface area contributed by atoms with E-state index >= 15 is 0 Å². The minimum Gasteiger partial charge on any atom is -0.359 e. The largest absolute Gasteiger partial charge is 0.359 e. The normalized spacial score (nSPS) is 11.2. The standard InChI is InChI=1S/C26H22N4O2S/c1-2-6-16-9-12-22(28-14-16)30-24-23(25(31)26(24)32)29-21-15-27-20-11-10-18(13-19(20)21)33-17-7-4-3-5-8-17/h3-5,7-15,27,29H,2,6H2,1H3,(H,28,30). The number of nitrogens with zero attached hydrogens (tertiary/aromatic N) is 1. The molecule has 3 aromatic carbocycles. The van der Waals surface area contributed by atoms with Gasteiger partial charge >= 0.3 is 0 Å². The number of pyridine rings is 1. The van der Waals surface area contributed by atoms with E-state index in [9.17, 15) is 9.59 Å². The topological polar surface area (TPSA) is 86.9 Å². The first-order chi connectivity index (χ1) is 16.1.